The van der Waals surface area contributed by atoms with E-state index in [1.807, 2.05) is 32.2 Å². The van der Waals surface area contributed by atoms with Crippen LogP contribution in [0.25, 0.3) is 0 Å². The average Bonchev–Trinajstić information content (AvgIpc) is 2.55. The van der Waals surface area contributed by atoms with Crippen LogP contribution in [0.2, 0.25) is 0 Å². The van der Waals surface area contributed by atoms with Crippen molar-refractivity contribution in [3.05, 3.63) is 71.5 Å². The molecule has 0 spiro atoms. The van der Waals surface area contributed by atoms with Gasteiger partial charge in [-0.15, -0.1) is 0 Å². The second-order valence-electron chi connectivity index (χ2n) is 6.43. The summed E-state index contributed by atoms with van der Waals surface area (Å²) in [5, 5.41) is 12.9. The number of benzene rings is 2. The monoisotopic (exact) mass is 344 g/mol. The fraction of sp³-hybridized carbons (Fsp3) is 0.350. The Morgan fingerprint density at radius 3 is 2.60 bits per heavy atom. The predicted octanol–water partition coefficient (Wildman–Crippen LogP) is 2.89. The second-order valence-corrected chi connectivity index (χ2v) is 6.43. The average molecular weight is 344 g/mol. The summed E-state index contributed by atoms with van der Waals surface area (Å²) in [5.74, 6) is -0.676. The van der Waals surface area contributed by atoms with Crippen molar-refractivity contribution in [3.63, 3.8) is 0 Å². The molecular formula is C20H25FN2O2. The van der Waals surface area contributed by atoms with Crippen LogP contribution in [-0.4, -0.2) is 35.5 Å². The Labute approximate surface area is 148 Å². The predicted molar refractivity (Wildman–Crippen MR) is 96.4 cm³/mol. The number of likely N-dealkylation sites (N-methyl/N-ethyl adjacent to an activating group) is 1. The minimum absolute atomic E-state index is 0.0547. The minimum atomic E-state index is -1.01. The first-order chi connectivity index (χ1) is 11.9. The molecule has 0 aliphatic rings. The normalized spacial score (nSPS) is 13.5. The first-order valence-electron chi connectivity index (χ1n) is 8.39. The van der Waals surface area contributed by atoms with Crippen LogP contribution in [0.5, 0.6) is 0 Å². The molecular weight excluding hydrogens is 319 g/mol. The molecule has 5 heteroatoms. The maximum atomic E-state index is 13.2. The van der Waals surface area contributed by atoms with Gasteiger partial charge in [-0.25, -0.2) is 4.39 Å². The summed E-state index contributed by atoms with van der Waals surface area (Å²) >= 11 is 0. The molecule has 25 heavy (non-hydrogen) atoms. The van der Waals surface area contributed by atoms with Crippen LogP contribution in [0.15, 0.2) is 54.6 Å². The zero-order valence-corrected chi connectivity index (χ0v) is 14.7. The number of nitrogens with zero attached hydrogens (tertiary/aromatic N) is 1. The number of rotatable bonds is 8. The van der Waals surface area contributed by atoms with Gasteiger partial charge in [-0.05, 0) is 37.2 Å². The lowest BCUT2D eigenvalue weighted by Gasteiger charge is -2.23. The third-order valence-electron chi connectivity index (χ3n) is 3.90. The summed E-state index contributed by atoms with van der Waals surface area (Å²) in [6, 6.07) is 15.7. The van der Waals surface area contributed by atoms with Crippen molar-refractivity contribution in [2.45, 2.75) is 32.0 Å². The Kier molecular flexibility index (Phi) is 7.10. The van der Waals surface area contributed by atoms with E-state index in [1.54, 1.807) is 6.07 Å². The number of halogens is 1. The zero-order valence-electron chi connectivity index (χ0n) is 14.7. The van der Waals surface area contributed by atoms with E-state index in [0.29, 0.717) is 12.1 Å². The van der Waals surface area contributed by atoms with Crippen molar-refractivity contribution in [2.24, 2.45) is 0 Å². The van der Waals surface area contributed by atoms with E-state index < -0.39 is 11.9 Å². The van der Waals surface area contributed by atoms with Gasteiger partial charge >= 0.3 is 0 Å². The highest BCUT2D eigenvalue weighted by molar-refractivity contribution is 5.76. The summed E-state index contributed by atoms with van der Waals surface area (Å²) < 4.78 is 13.2. The molecule has 0 radical (unpaired) electrons. The van der Waals surface area contributed by atoms with Crippen LogP contribution in [0.4, 0.5) is 4.39 Å². The van der Waals surface area contributed by atoms with Gasteiger partial charge in [-0.2, -0.15) is 0 Å². The van der Waals surface area contributed by atoms with Crippen molar-refractivity contribution in [1.82, 2.24) is 10.2 Å². The molecule has 134 valence electrons. The Morgan fingerprint density at radius 1 is 1.20 bits per heavy atom. The second kappa shape index (κ2) is 9.30. The van der Waals surface area contributed by atoms with E-state index in [-0.39, 0.29) is 18.4 Å². The molecule has 0 aliphatic heterocycles. The molecule has 0 fully saturated rings. The molecule has 2 N–H and O–H groups in total. The van der Waals surface area contributed by atoms with Crippen LogP contribution in [0.1, 0.15) is 30.6 Å². The van der Waals surface area contributed by atoms with Crippen molar-refractivity contribution < 1.29 is 14.3 Å². The van der Waals surface area contributed by atoms with E-state index in [4.69, 9.17) is 0 Å². The van der Waals surface area contributed by atoms with Gasteiger partial charge < -0.3 is 15.3 Å². The molecule has 2 atom stereocenters. The third-order valence-corrected chi connectivity index (χ3v) is 3.90. The SMILES string of the molecule is CC(CN(C)Cc1ccccc1)NC(=O)CC(O)c1cccc(F)c1. The first kappa shape index (κ1) is 19.1. The van der Waals surface area contributed by atoms with Gasteiger partial charge in [-0.1, -0.05) is 42.5 Å². The molecule has 0 saturated carbocycles. The quantitative estimate of drug-likeness (QED) is 0.774. The number of hydrogen-bond donors (Lipinski definition) is 2. The largest absolute Gasteiger partial charge is 0.388 e. The van der Waals surface area contributed by atoms with E-state index >= 15 is 0 Å². The highest BCUT2D eigenvalue weighted by Gasteiger charge is 2.16. The van der Waals surface area contributed by atoms with Gasteiger partial charge in [0, 0.05) is 19.1 Å². The summed E-state index contributed by atoms with van der Waals surface area (Å²) in [6.07, 6.45) is -1.10. The van der Waals surface area contributed by atoms with E-state index in [0.717, 1.165) is 6.54 Å². The van der Waals surface area contributed by atoms with E-state index in [9.17, 15) is 14.3 Å². The third kappa shape index (κ3) is 6.64. The van der Waals surface area contributed by atoms with Crippen molar-refractivity contribution in [1.29, 1.82) is 0 Å². The van der Waals surface area contributed by atoms with Gasteiger partial charge in [0.25, 0.3) is 0 Å². The Balaban J connectivity index is 1.77. The van der Waals surface area contributed by atoms with Crippen molar-refractivity contribution in [3.8, 4) is 0 Å². The zero-order chi connectivity index (χ0) is 18.2. The number of amides is 1. The van der Waals surface area contributed by atoms with Gasteiger partial charge in [0.1, 0.15) is 5.82 Å². The number of carbonyl (C=O) groups is 1. The minimum Gasteiger partial charge on any atom is -0.388 e. The first-order valence-corrected chi connectivity index (χ1v) is 8.39. The fourth-order valence-electron chi connectivity index (χ4n) is 2.81. The summed E-state index contributed by atoms with van der Waals surface area (Å²) in [5.41, 5.74) is 1.62. The molecule has 2 aromatic carbocycles. The number of aliphatic hydroxyl groups is 1. The Bertz CT molecular complexity index is 678. The standard InChI is InChI=1S/C20H25FN2O2/c1-15(13-23(2)14-16-7-4-3-5-8-16)22-20(25)12-19(24)17-9-6-10-18(21)11-17/h3-11,15,19,24H,12-14H2,1-2H3,(H,22,25). The lowest BCUT2D eigenvalue weighted by atomic mass is 10.1. The molecule has 0 heterocycles. The van der Waals surface area contributed by atoms with E-state index in [1.165, 1.54) is 23.8 Å². The number of nitrogens with one attached hydrogen (secondary N) is 1. The Hall–Kier alpha value is -2.24. The smallest absolute Gasteiger partial charge is 0.223 e. The van der Waals surface area contributed by atoms with Crippen LogP contribution in [-0.2, 0) is 11.3 Å². The van der Waals surface area contributed by atoms with Gasteiger partial charge in [0.2, 0.25) is 5.91 Å². The summed E-state index contributed by atoms with van der Waals surface area (Å²) in [4.78, 5) is 14.2. The molecule has 2 aromatic rings. The topological polar surface area (TPSA) is 52.6 Å². The molecule has 2 rings (SSSR count). The fourth-order valence-corrected chi connectivity index (χ4v) is 2.81. The Morgan fingerprint density at radius 2 is 1.92 bits per heavy atom. The number of aliphatic hydroxyl groups excluding tert-OH is 1. The summed E-state index contributed by atoms with van der Waals surface area (Å²) in [7, 11) is 2.00. The lowest BCUT2D eigenvalue weighted by molar-refractivity contribution is -0.123. The van der Waals surface area contributed by atoms with Gasteiger partial charge in [0.15, 0.2) is 0 Å². The molecule has 0 aromatic heterocycles. The molecule has 0 saturated heterocycles. The van der Waals surface area contributed by atoms with E-state index in [2.05, 4.69) is 22.3 Å². The number of hydrogen-bond acceptors (Lipinski definition) is 3. The maximum absolute atomic E-state index is 13.2. The molecule has 2 unspecified atom stereocenters. The highest BCUT2D eigenvalue weighted by Crippen LogP contribution is 2.17. The van der Waals surface area contributed by atoms with Gasteiger partial charge in [0.05, 0.1) is 12.5 Å². The van der Waals surface area contributed by atoms with Crippen molar-refractivity contribution in [2.75, 3.05) is 13.6 Å². The molecule has 0 bridgehead atoms. The number of carbonyl (C=O) groups excluding carboxylic acids is 1. The van der Waals surface area contributed by atoms with Gasteiger partial charge in [-0.3, -0.25) is 4.79 Å². The van der Waals surface area contributed by atoms with Crippen LogP contribution in [0.3, 0.4) is 0 Å². The lowest BCUT2D eigenvalue weighted by Crippen LogP contribution is -2.40. The van der Waals surface area contributed by atoms with Crippen LogP contribution >= 0.6 is 0 Å². The van der Waals surface area contributed by atoms with Crippen LogP contribution in [0, 0.1) is 5.82 Å². The molecule has 0 aliphatic carbocycles. The molecule has 4 nitrogen and oxygen atoms in total. The highest BCUT2D eigenvalue weighted by atomic mass is 19.1. The van der Waals surface area contributed by atoms with Crippen LogP contribution < -0.4 is 5.32 Å². The van der Waals surface area contributed by atoms with Crippen molar-refractivity contribution >= 4 is 5.91 Å². The summed E-state index contributed by atoms with van der Waals surface area (Å²) in [6.45, 7) is 3.41. The maximum Gasteiger partial charge on any atom is 0.223 e. The molecule has 1 amide bonds.